The first-order valence-corrected chi connectivity index (χ1v) is 11.9. The first kappa shape index (κ1) is 23.4. The van der Waals surface area contributed by atoms with E-state index >= 15 is 0 Å². The van der Waals surface area contributed by atoms with Crippen LogP contribution < -0.4 is 26.0 Å². The topological polar surface area (TPSA) is 109 Å². The van der Waals surface area contributed by atoms with Crippen LogP contribution >= 0.6 is 0 Å². The zero-order valence-electron chi connectivity index (χ0n) is 20.1. The number of carbonyl (C=O) groups excluding carboxylic acids is 1. The van der Waals surface area contributed by atoms with Crippen LogP contribution in [0.3, 0.4) is 0 Å². The summed E-state index contributed by atoms with van der Waals surface area (Å²) in [6.45, 7) is 5.00. The average molecular weight is 490 g/mol. The van der Waals surface area contributed by atoms with Crippen molar-refractivity contribution in [1.29, 1.82) is 0 Å². The van der Waals surface area contributed by atoms with E-state index in [1.807, 2.05) is 56.3 Å². The Kier molecular flexibility index (Phi) is 6.32. The average Bonchev–Trinajstić information content (AvgIpc) is 3.33. The van der Waals surface area contributed by atoms with Crippen molar-refractivity contribution in [2.24, 2.45) is 0 Å². The first-order valence-electron chi connectivity index (χ1n) is 11.9. The molecule has 2 aromatic heterocycles. The molecule has 0 aliphatic carbocycles. The fourth-order valence-corrected chi connectivity index (χ4v) is 4.37. The van der Waals surface area contributed by atoms with Gasteiger partial charge in [-0.1, -0.05) is 36.4 Å². The van der Waals surface area contributed by atoms with Gasteiger partial charge in [0, 0.05) is 6.54 Å². The van der Waals surface area contributed by atoms with Gasteiger partial charge in [0.1, 0.15) is 19.8 Å². The van der Waals surface area contributed by atoms with Crippen LogP contribution in [0.2, 0.25) is 0 Å². The molecule has 0 radical (unpaired) electrons. The van der Waals surface area contributed by atoms with E-state index in [0.29, 0.717) is 42.4 Å². The standard InChI is InChI=1S/C26H27N5O5/c1-3-29-16-27-24-23(29)25(33)31(26(34)30(24)14-18-7-5-4-6-8-18)15-22(32)28-17(2)19-9-10-20-21(13-19)36-12-11-35-20/h4-10,13,16-17H,3,11-12,14-15H2,1-2H3,(H,28,32)/t17-/m0/s1. The highest BCUT2D eigenvalue weighted by Gasteiger charge is 2.21. The zero-order chi connectivity index (χ0) is 25.2. The highest BCUT2D eigenvalue weighted by Crippen LogP contribution is 2.32. The normalized spacial score (nSPS) is 13.5. The minimum Gasteiger partial charge on any atom is -0.486 e. The number of rotatable bonds is 7. The molecule has 10 nitrogen and oxygen atoms in total. The Morgan fingerprint density at radius 2 is 1.81 bits per heavy atom. The number of amides is 1. The number of aryl methyl sites for hydroxylation is 1. The summed E-state index contributed by atoms with van der Waals surface area (Å²) in [5, 5.41) is 2.88. The van der Waals surface area contributed by atoms with Gasteiger partial charge in [0.2, 0.25) is 5.91 Å². The molecule has 0 bridgehead atoms. The second-order valence-electron chi connectivity index (χ2n) is 8.64. The Morgan fingerprint density at radius 3 is 2.56 bits per heavy atom. The number of hydrogen-bond donors (Lipinski definition) is 1. The van der Waals surface area contributed by atoms with Gasteiger partial charge in [0.15, 0.2) is 22.7 Å². The maximum Gasteiger partial charge on any atom is 0.333 e. The minimum absolute atomic E-state index is 0.229. The van der Waals surface area contributed by atoms with Crippen molar-refractivity contribution in [1.82, 2.24) is 24.0 Å². The number of nitrogens with zero attached hydrogens (tertiary/aromatic N) is 4. The lowest BCUT2D eigenvalue weighted by atomic mass is 10.1. The Morgan fingerprint density at radius 1 is 1.06 bits per heavy atom. The molecular formula is C26H27N5O5. The fourth-order valence-electron chi connectivity index (χ4n) is 4.37. The summed E-state index contributed by atoms with van der Waals surface area (Å²) in [5.41, 5.74) is 1.17. The maximum atomic E-state index is 13.4. The summed E-state index contributed by atoms with van der Waals surface area (Å²) in [4.78, 5) is 44.1. The van der Waals surface area contributed by atoms with E-state index in [1.165, 1.54) is 4.57 Å². The van der Waals surface area contributed by atoms with Gasteiger partial charge in [-0.2, -0.15) is 0 Å². The van der Waals surface area contributed by atoms with E-state index in [1.54, 1.807) is 17.0 Å². The Bertz CT molecular complexity index is 1540. The van der Waals surface area contributed by atoms with E-state index in [4.69, 9.17) is 9.47 Å². The maximum absolute atomic E-state index is 13.4. The highest BCUT2D eigenvalue weighted by atomic mass is 16.6. The van der Waals surface area contributed by atoms with Gasteiger partial charge >= 0.3 is 5.69 Å². The molecule has 186 valence electrons. The molecule has 4 aromatic rings. The van der Waals surface area contributed by atoms with E-state index < -0.39 is 23.7 Å². The molecule has 3 heterocycles. The van der Waals surface area contributed by atoms with Crippen LogP contribution in [-0.2, 0) is 24.4 Å². The second kappa shape index (κ2) is 9.73. The molecule has 36 heavy (non-hydrogen) atoms. The lowest BCUT2D eigenvalue weighted by Crippen LogP contribution is -2.44. The van der Waals surface area contributed by atoms with Gasteiger partial charge in [0.25, 0.3) is 5.56 Å². The predicted molar refractivity (Wildman–Crippen MR) is 133 cm³/mol. The third kappa shape index (κ3) is 4.37. The summed E-state index contributed by atoms with van der Waals surface area (Å²) in [6.07, 6.45) is 1.54. The SMILES string of the molecule is CCn1cnc2c1c(=O)n(CC(=O)N[C@@H](C)c1ccc3c(c1)OCCO3)c(=O)n2Cc1ccccc1. The van der Waals surface area contributed by atoms with E-state index in [-0.39, 0.29) is 12.6 Å². The number of fused-ring (bicyclic) bond motifs is 2. The van der Waals surface area contributed by atoms with E-state index in [0.717, 1.165) is 15.7 Å². The van der Waals surface area contributed by atoms with Crippen LogP contribution in [0.25, 0.3) is 11.2 Å². The summed E-state index contributed by atoms with van der Waals surface area (Å²) in [5.74, 6) is 0.831. The number of benzene rings is 2. The van der Waals surface area contributed by atoms with E-state index in [9.17, 15) is 14.4 Å². The fraction of sp³-hybridized carbons (Fsp3) is 0.308. The first-order chi connectivity index (χ1) is 17.5. The van der Waals surface area contributed by atoms with Crippen molar-refractivity contribution in [3.05, 3.63) is 86.8 Å². The molecular weight excluding hydrogens is 462 g/mol. The molecule has 1 aliphatic rings. The quantitative estimate of drug-likeness (QED) is 0.426. The zero-order valence-corrected chi connectivity index (χ0v) is 20.1. The highest BCUT2D eigenvalue weighted by molar-refractivity contribution is 5.77. The molecule has 0 fully saturated rings. The summed E-state index contributed by atoms with van der Waals surface area (Å²) >= 11 is 0. The number of hydrogen-bond acceptors (Lipinski definition) is 6. The summed E-state index contributed by atoms with van der Waals surface area (Å²) in [7, 11) is 0. The molecule has 1 N–H and O–H groups in total. The molecule has 2 aromatic carbocycles. The number of aromatic nitrogens is 4. The molecule has 0 saturated heterocycles. The van der Waals surface area contributed by atoms with Crippen molar-refractivity contribution in [3.8, 4) is 11.5 Å². The van der Waals surface area contributed by atoms with Gasteiger partial charge < -0.3 is 19.4 Å². The van der Waals surface area contributed by atoms with Crippen LogP contribution in [0.1, 0.15) is 31.0 Å². The van der Waals surface area contributed by atoms with Crippen molar-refractivity contribution in [3.63, 3.8) is 0 Å². The Hall–Kier alpha value is -4.34. The molecule has 5 rings (SSSR count). The molecule has 0 saturated carbocycles. The second-order valence-corrected chi connectivity index (χ2v) is 8.64. The number of nitrogens with one attached hydrogen (secondary N) is 1. The van der Waals surface area contributed by atoms with Gasteiger partial charge in [-0.05, 0) is 37.1 Å². The van der Waals surface area contributed by atoms with Crippen molar-refractivity contribution < 1.29 is 14.3 Å². The predicted octanol–water partition coefficient (Wildman–Crippen LogP) is 2.08. The summed E-state index contributed by atoms with van der Waals surface area (Å²) in [6, 6.07) is 14.5. The molecule has 1 amide bonds. The smallest absolute Gasteiger partial charge is 0.333 e. The molecule has 1 aliphatic heterocycles. The molecule has 1 atom stereocenters. The number of carbonyl (C=O) groups is 1. The number of imidazole rings is 1. The molecule has 0 unspecified atom stereocenters. The van der Waals surface area contributed by atoms with Gasteiger partial charge in [-0.15, -0.1) is 0 Å². The number of ether oxygens (including phenoxy) is 2. The monoisotopic (exact) mass is 489 g/mol. The van der Waals surface area contributed by atoms with Crippen molar-refractivity contribution in [2.75, 3.05) is 13.2 Å². The Labute approximate surface area is 206 Å². The summed E-state index contributed by atoms with van der Waals surface area (Å²) < 4.78 is 15.3. The van der Waals surface area contributed by atoms with Crippen LogP contribution in [0.5, 0.6) is 11.5 Å². The van der Waals surface area contributed by atoms with E-state index in [2.05, 4.69) is 10.3 Å². The Balaban J connectivity index is 1.45. The van der Waals surface area contributed by atoms with Crippen LogP contribution in [-0.4, -0.2) is 37.8 Å². The molecule has 10 heteroatoms. The molecule has 0 spiro atoms. The van der Waals surface area contributed by atoms with Gasteiger partial charge in [-0.25, -0.2) is 14.3 Å². The van der Waals surface area contributed by atoms with Gasteiger partial charge in [-0.3, -0.25) is 14.2 Å². The van der Waals surface area contributed by atoms with Crippen molar-refractivity contribution in [2.45, 2.75) is 39.5 Å². The van der Waals surface area contributed by atoms with Crippen LogP contribution in [0.4, 0.5) is 0 Å². The minimum atomic E-state index is -0.583. The van der Waals surface area contributed by atoms with Crippen LogP contribution in [0.15, 0.2) is 64.4 Å². The third-order valence-electron chi connectivity index (χ3n) is 6.25. The van der Waals surface area contributed by atoms with Crippen molar-refractivity contribution >= 4 is 17.1 Å². The van der Waals surface area contributed by atoms with Crippen LogP contribution in [0, 0.1) is 0 Å². The lowest BCUT2D eigenvalue weighted by molar-refractivity contribution is -0.122. The third-order valence-corrected chi connectivity index (χ3v) is 6.25. The largest absolute Gasteiger partial charge is 0.486 e. The van der Waals surface area contributed by atoms with Gasteiger partial charge in [0.05, 0.1) is 18.9 Å². The lowest BCUT2D eigenvalue weighted by Gasteiger charge is -2.21.